The van der Waals surface area contributed by atoms with E-state index in [4.69, 9.17) is 23.7 Å². The van der Waals surface area contributed by atoms with E-state index in [0.29, 0.717) is 64.4 Å². The van der Waals surface area contributed by atoms with Crippen LogP contribution in [0.5, 0.6) is 0 Å². The maximum Gasteiger partial charge on any atom is 0.511 e. The highest BCUT2D eigenvalue weighted by Crippen LogP contribution is 2.27. The van der Waals surface area contributed by atoms with E-state index < -0.39 is 12.4 Å². The van der Waals surface area contributed by atoms with Crippen LogP contribution in [0, 0.1) is 11.8 Å². The minimum Gasteiger partial charge on any atom is -0.445 e. The van der Waals surface area contributed by atoms with Gasteiger partial charge in [-0.2, -0.15) is 0 Å². The molecule has 1 unspecified atom stereocenters. The van der Waals surface area contributed by atoms with Crippen LogP contribution >= 0.6 is 0 Å². The normalized spacial score (nSPS) is 23.5. The Bertz CT molecular complexity index is 1170. The summed E-state index contributed by atoms with van der Waals surface area (Å²) in [5, 5.41) is 3.15. The molecule has 0 bridgehead atoms. The highest BCUT2D eigenvalue weighted by Gasteiger charge is 2.32. The third kappa shape index (κ3) is 11.3. The number of carbonyl (C=O) groups excluding carboxylic acids is 4. The fourth-order valence-electron chi connectivity index (χ4n) is 7.10. The summed E-state index contributed by atoms with van der Waals surface area (Å²) in [7, 11) is 0. The van der Waals surface area contributed by atoms with Gasteiger partial charge in [-0.3, -0.25) is 4.79 Å². The van der Waals surface area contributed by atoms with Crippen LogP contribution in [0.25, 0.3) is 0 Å². The smallest absolute Gasteiger partial charge is 0.445 e. The van der Waals surface area contributed by atoms with Crippen molar-refractivity contribution in [3.8, 4) is 0 Å². The van der Waals surface area contributed by atoms with Gasteiger partial charge in [-0.05, 0) is 88.5 Å². The Morgan fingerprint density at radius 1 is 0.771 bits per heavy atom. The summed E-state index contributed by atoms with van der Waals surface area (Å²) in [4.78, 5) is 53.8. The van der Waals surface area contributed by atoms with Crippen LogP contribution in [0.4, 0.5) is 14.4 Å². The molecule has 0 radical (unpaired) electrons. The van der Waals surface area contributed by atoms with Gasteiger partial charge in [0, 0.05) is 45.8 Å². The molecular formula is C36H53N3O9. The van der Waals surface area contributed by atoms with Gasteiger partial charge in [-0.15, -0.1) is 0 Å². The number of hydrogen-bond donors (Lipinski definition) is 1. The number of esters is 1. The second kappa shape index (κ2) is 18.3. The van der Waals surface area contributed by atoms with Gasteiger partial charge in [0.05, 0.1) is 12.0 Å². The summed E-state index contributed by atoms with van der Waals surface area (Å²) in [5.74, 6) is -0.255. The number of rotatable bonds is 10. The monoisotopic (exact) mass is 671 g/mol. The van der Waals surface area contributed by atoms with Gasteiger partial charge in [-0.1, -0.05) is 36.8 Å². The third-order valence-corrected chi connectivity index (χ3v) is 10.1. The van der Waals surface area contributed by atoms with Gasteiger partial charge in [0.2, 0.25) is 6.29 Å². The minimum atomic E-state index is -1.01. The average molecular weight is 672 g/mol. The zero-order chi connectivity index (χ0) is 33.7. The number of benzene rings is 1. The average Bonchev–Trinajstić information content (AvgIpc) is 3.11. The zero-order valence-electron chi connectivity index (χ0n) is 28.4. The summed E-state index contributed by atoms with van der Waals surface area (Å²) in [6.07, 6.45) is 8.84. The van der Waals surface area contributed by atoms with E-state index in [1.807, 2.05) is 35.2 Å². The Labute approximate surface area is 284 Å². The molecule has 12 nitrogen and oxygen atoms in total. The minimum absolute atomic E-state index is 0.0103. The topological polar surface area (TPSA) is 133 Å². The molecule has 2 aliphatic carbocycles. The molecular weight excluding hydrogens is 618 g/mol. The second-order valence-corrected chi connectivity index (χ2v) is 13.7. The number of nitrogens with one attached hydrogen (secondary N) is 1. The van der Waals surface area contributed by atoms with Crippen molar-refractivity contribution in [1.82, 2.24) is 15.1 Å². The molecule has 5 rings (SSSR count). The number of piperidine rings is 2. The van der Waals surface area contributed by atoms with Crippen molar-refractivity contribution in [3.63, 3.8) is 0 Å². The first-order valence-electron chi connectivity index (χ1n) is 18.0. The molecule has 1 atom stereocenters. The number of urea groups is 1. The summed E-state index contributed by atoms with van der Waals surface area (Å²) >= 11 is 0. The van der Waals surface area contributed by atoms with E-state index in [1.54, 1.807) is 4.90 Å². The van der Waals surface area contributed by atoms with Gasteiger partial charge < -0.3 is 38.8 Å². The molecule has 2 aliphatic heterocycles. The maximum atomic E-state index is 13.0. The van der Waals surface area contributed by atoms with Crippen molar-refractivity contribution in [2.24, 2.45) is 11.8 Å². The van der Waals surface area contributed by atoms with Crippen LogP contribution in [0.2, 0.25) is 0 Å². The zero-order valence-corrected chi connectivity index (χ0v) is 28.4. The number of carbonyl (C=O) groups is 4. The molecule has 1 aromatic rings. The van der Waals surface area contributed by atoms with Crippen LogP contribution in [0.3, 0.4) is 0 Å². The first kappa shape index (κ1) is 35.8. The highest BCUT2D eigenvalue weighted by molar-refractivity contribution is 5.75. The Kier molecular flexibility index (Phi) is 13.6. The fourth-order valence-corrected chi connectivity index (χ4v) is 7.10. The number of nitrogens with zero attached hydrogens (tertiary/aromatic N) is 2. The van der Waals surface area contributed by atoms with Crippen molar-refractivity contribution >= 4 is 24.2 Å². The lowest BCUT2D eigenvalue weighted by molar-refractivity contribution is -0.175. The summed E-state index contributed by atoms with van der Waals surface area (Å²) < 4.78 is 27.6. The van der Waals surface area contributed by atoms with E-state index in [0.717, 1.165) is 63.4 Å². The second-order valence-electron chi connectivity index (χ2n) is 13.7. The first-order chi connectivity index (χ1) is 23.3. The van der Waals surface area contributed by atoms with E-state index >= 15 is 0 Å². The van der Waals surface area contributed by atoms with Crippen molar-refractivity contribution < 1.29 is 42.9 Å². The molecule has 1 N–H and O–H groups in total. The van der Waals surface area contributed by atoms with Crippen molar-refractivity contribution in [2.45, 2.75) is 122 Å². The third-order valence-electron chi connectivity index (χ3n) is 10.1. The van der Waals surface area contributed by atoms with Crippen molar-refractivity contribution in [2.75, 3.05) is 32.8 Å². The van der Waals surface area contributed by atoms with Gasteiger partial charge in [0.1, 0.15) is 12.7 Å². The van der Waals surface area contributed by atoms with Gasteiger partial charge in [-0.25, -0.2) is 14.4 Å². The molecule has 48 heavy (non-hydrogen) atoms. The number of amides is 3. The van der Waals surface area contributed by atoms with Crippen LogP contribution < -0.4 is 5.32 Å². The molecule has 4 aliphatic rings. The molecule has 2 saturated heterocycles. The molecule has 3 amide bonds. The Balaban J connectivity index is 0.897. The Hall–Kier alpha value is -3.54. The van der Waals surface area contributed by atoms with Crippen molar-refractivity contribution in [1.29, 1.82) is 0 Å². The lowest BCUT2D eigenvalue weighted by atomic mass is 9.86. The van der Waals surface area contributed by atoms with Crippen LogP contribution in [-0.2, 0) is 35.1 Å². The van der Waals surface area contributed by atoms with E-state index in [9.17, 15) is 19.2 Å². The highest BCUT2D eigenvalue weighted by atomic mass is 16.8. The number of ether oxygens (including phenoxy) is 5. The summed E-state index contributed by atoms with van der Waals surface area (Å²) in [6, 6.07) is 9.64. The van der Waals surface area contributed by atoms with Crippen molar-refractivity contribution in [3.05, 3.63) is 35.9 Å². The summed E-state index contributed by atoms with van der Waals surface area (Å²) in [5.41, 5.74) is 0.979. The first-order valence-corrected chi connectivity index (χ1v) is 18.0. The largest absolute Gasteiger partial charge is 0.511 e. The number of hydrogen-bond acceptors (Lipinski definition) is 9. The SMILES string of the molecule is CC(OC(=O)OC1CCCCC1)OC(=O)C1CCC(NC(=O)N2CCC(OCC3CCN(C(=O)OCc4ccccc4)CC3)CC2)CC1. The molecule has 2 heterocycles. The van der Waals surface area contributed by atoms with Gasteiger partial charge >= 0.3 is 24.2 Å². The van der Waals surface area contributed by atoms with E-state index in [-0.39, 0.29) is 48.9 Å². The molecule has 0 aromatic heterocycles. The predicted molar refractivity (Wildman–Crippen MR) is 176 cm³/mol. The number of likely N-dealkylation sites (tertiary alicyclic amines) is 2. The van der Waals surface area contributed by atoms with Gasteiger partial charge in [0.15, 0.2) is 0 Å². The fraction of sp³-hybridized carbons (Fsp3) is 0.722. The van der Waals surface area contributed by atoms with Crippen LogP contribution in [0.15, 0.2) is 30.3 Å². The standard InChI is InChI=1S/C36H53N3O9/c1-26(47-36(43)48-32-10-6-3-7-11-32)46-33(40)29-12-14-30(15-13-29)37-34(41)38-22-18-31(19-23-38)44-24-28-16-20-39(21-17-28)35(42)45-25-27-8-4-2-5-9-27/h2,4-5,8-9,26,28-32H,3,6-7,10-25H2,1H3,(H,37,41). The molecule has 12 heteroatoms. The maximum absolute atomic E-state index is 13.0. The quantitative estimate of drug-likeness (QED) is 0.176. The molecule has 4 fully saturated rings. The lowest BCUT2D eigenvalue weighted by Gasteiger charge is -2.36. The molecule has 2 saturated carbocycles. The van der Waals surface area contributed by atoms with Crippen LogP contribution in [0.1, 0.15) is 96.0 Å². The predicted octanol–water partition coefficient (Wildman–Crippen LogP) is 6.16. The molecule has 1 aromatic carbocycles. The van der Waals surface area contributed by atoms with E-state index in [1.165, 1.54) is 6.92 Å². The Morgan fingerprint density at radius 3 is 2.12 bits per heavy atom. The van der Waals surface area contributed by atoms with E-state index in [2.05, 4.69) is 5.32 Å². The molecule has 0 spiro atoms. The Morgan fingerprint density at radius 2 is 1.44 bits per heavy atom. The van der Waals surface area contributed by atoms with Crippen LogP contribution in [-0.4, -0.2) is 91.4 Å². The lowest BCUT2D eigenvalue weighted by Crippen LogP contribution is -2.50. The summed E-state index contributed by atoms with van der Waals surface area (Å²) in [6.45, 7) is 5.12. The molecule has 266 valence electrons. The van der Waals surface area contributed by atoms with Gasteiger partial charge in [0.25, 0.3) is 0 Å².